The summed E-state index contributed by atoms with van der Waals surface area (Å²) >= 11 is 0. The van der Waals surface area contributed by atoms with Crippen LogP contribution in [0.1, 0.15) is 12.8 Å². The molecular weight excluding hydrogens is 242 g/mol. The first-order valence-corrected chi connectivity index (χ1v) is 7.04. The molecule has 1 aromatic heterocycles. The second kappa shape index (κ2) is 6.16. The number of nitrogens with one attached hydrogen (secondary N) is 2. The summed E-state index contributed by atoms with van der Waals surface area (Å²) in [6.07, 6.45) is 4.15. The van der Waals surface area contributed by atoms with E-state index in [1.807, 2.05) is 6.07 Å². The van der Waals surface area contributed by atoms with E-state index in [4.69, 9.17) is 4.74 Å². The third-order valence-corrected chi connectivity index (χ3v) is 3.68. The number of ether oxygens (including phenoxy) is 1. The number of hydrogen-bond acceptors (Lipinski definition) is 6. The minimum Gasteiger partial charge on any atom is -0.378 e. The molecule has 6 heteroatoms. The van der Waals surface area contributed by atoms with Crippen molar-refractivity contribution in [2.24, 2.45) is 0 Å². The number of morpholine rings is 1. The lowest BCUT2D eigenvalue weighted by Gasteiger charge is -2.27. The van der Waals surface area contributed by atoms with Gasteiger partial charge in [-0.2, -0.15) is 0 Å². The molecule has 104 valence electrons. The zero-order chi connectivity index (χ0) is 12.9. The van der Waals surface area contributed by atoms with Crippen molar-refractivity contribution >= 4 is 11.6 Å². The Balaban J connectivity index is 1.58. The highest BCUT2D eigenvalue weighted by molar-refractivity contribution is 5.48. The molecule has 2 fully saturated rings. The summed E-state index contributed by atoms with van der Waals surface area (Å²) in [6, 6.07) is 2.60. The molecule has 0 spiro atoms. The van der Waals surface area contributed by atoms with Gasteiger partial charge in [0.25, 0.3) is 0 Å². The first-order valence-electron chi connectivity index (χ1n) is 7.04. The summed E-state index contributed by atoms with van der Waals surface area (Å²) in [5.41, 5.74) is 0. The van der Waals surface area contributed by atoms with Gasteiger partial charge < -0.3 is 20.3 Å². The van der Waals surface area contributed by atoms with Gasteiger partial charge in [-0.1, -0.05) is 0 Å². The fraction of sp³-hybridized carbons (Fsp3) is 0.692. The van der Waals surface area contributed by atoms with Crippen LogP contribution in [0.5, 0.6) is 0 Å². The SMILES string of the molecule is c1nc(NCC2CCCN2)cc(N2CCOCC2)n1. The highest BCUT2D eigenvalue weighted by Gasteiger charge is 2.15. The molecule has 2 aliphatic heterocycles. The Morgan fingerprint density at radius 2 is 2.26 bits per heavy atom. The van der Waals surface area contributed by atoms with Crippen LogP contribution >= 0.6 is 0 Å². The molecule has 1 unspecified atom stereocenters. The highest BCUT2D eigenvalue weighted by atomic mass is 16.5. The monoisotopic (exact) mass is 263 g/mol. The van der Waals surface area contributed by atoms with E-state index in [2.05, 4.69) is 25.5 Å². The van der Waals surface area contributed by atoms with Crippen molar-refractivity contribution in [1.29, 1.82) is 0 Å². The number of nitrogens with zero attached hydrogens (tertiary/aromatic N) is 3. The smallest absolute Gasteiger partial charge is 0.134 e. The molecule has 0 amide bonds. The van der Waals surface area contributed by atoms with E-state index in [9.17, 15) is 0 Å². The van der Waals surface area contributed by atoms with Crippen LogP contribution in [-0.2, 0) is 4.74 Å². The molecule has 0 aliphatic carbocycles. The van der Waals surface area contributed by atoms with Crippen molar-refractivity contribution in [3.05, 3.63) is 12.4 Å². The van der Waals surface area contributed by atoms with Crippen molar-refractivity contribution in [3.63, 3.8) is 0 Å². The van der Waals surface area contributed by atoms with E-state index in [0.717, 1.165) is 51.0 Å². The van der Waals surface area contributed by atoms with Crippen LogP contribution < -0.4 is 15.5 Å². The molecule has 2 N–H and O–H groups in total. The minimum atomic E-state index is 0.571. The van der Waals surface area contributed by atoms with Crippen molar-refractivity contribution < 1.29 is 4.74 Å². The van der Waals surface area contributed by atoms with Crippen LogP contribution in [0.2, 0.25) is 0 Å². The largest absolute Gasteiger partial charge is 0.378 e. The molecule has 0 saturated carbocycles. The molecule has 2 aliphatic rings. The molecule has 0 aromatic carbocycles. The van der Waals surface area contributed by atoms with Gasteiger partial charge in [0.2, 0.25) is 0 Å². The predicted octanol–water partition coefficient (Wildman–Crippen LogP) is 0.477. The second-order valence-electron chi connectivity index (χ2n) is 5.04. The molecular formula is C13H21N5O. The molecule has 1 aromatic rings. The van der Waals surface area contributed by atoms with Gasteiger partial charge in [-0.05, 0) is 19.4 Å². The van der Waals surface area contributed by atoms with Crippen LogP contribution in [0.15, 0.2) is 12.4 Å². The maximum Gasteiger partial charge on any atom is 0.134 e. The Kier molecular flexibility index (Phi) is 4.10. The predicted molar refractivity (Wildman–Crippen MR) is 74.6 cm³/mol. The summed E-state index contributed by atoms with van der Waals surface area (Å²) < 4.78 is 5.36. The molecule has 1 atom stereocenters. The standard InChI is InChI=1S/C13H21N5O/c1-2-11(14-3-1)9-15-12-8-13(17-10-16-12)18-4-6-19-7-5-18/h8,10-11,14H,1-7,9H2,(H,15,16,17). The number of anilines is 2. The molecule has 0 bridgehead atoms. The fourth-order valence-electron chi connectivity index (χ4n) is 2.57. The molecule has 19 heavy (non-hydrogen) atoms. The molecule has 0 radical (unpaired) electrons. The Bertz CT molecular complexity index is 402. The van der Waals surface area contributed by atoms with Crippen LogP contribution in [0.4, 0.5) is 11.6 Å². The Labute approximate surface area is 113 Å². The van der Waals surface area contributed by atoms with E-state index in [0.29, 0.717) is 6.04 Å². The average molecular weight is 263 g/mol. The van der Waals surface area contributed by atoms with Gasteiger partial charge in [-0.25, -0.2) is 9.97 Å². The Morgan fingerprint density at radius 3 is 3.05 bits per heavy atom. The third kappa shape index (κ3) is 3.33. The van der Waals surface area contributed by atoms with Crippen molar-refractivity contribution in [1.82, 2.24) is 15.3 Å². The van der Waals surface area contributed by atoms with Gasteiger partial charge in [0.1, 0.15) is 18.0 Å². The van der Waals surface area contributed by atoms with E-state index < -0.39 is 0 Å². The normalized spacial score (nSPS) is 23.6. The van der Waals surface area contributed by atoms with Crippen molar-refractivity contribution in [3.8, 4) is 0 Å². The maximum absolute atomic E-state index is 5.36. The summed E-state index contributed by atoms with van der Waals surface area (Å²) in [6.45, 7) is 5.42. The lowest BCUT2D eigenvalue weighted by Crippen LogP contribution is -2.36. The van der Waals surface area contributed by atoms with Gasteiger partial charge in [-0.3, -0.25) is 0 Å². The number of hydrogen-bond donors (Lipinski definition) is 2. The van der Waals surface area contributed by atoms with E-state index in [1.165, 1.54) is 12.8 Å². The Hall–Kier alpha value is -1.40. The number of rotatable bonds is 4. The third-order valence-electron chi connectivity index (χ3n) is 3.68. The quantitative estimate of drug-likeness (QED) is 0.824. The van der Waals surface area contributed by atoms with Gasteiger partial charge in [-0.15, -0.1) is 0 Å². The van der Waals surface area contributed by atoms with Crippen LogP contribution in [0.3, 0.4) is 0 Å². The fourth-order valence-corrected chi connectivity index (χ4v) is 2.57. The van der Waals surface area contributed by atoms with Crippen LogP contribution in [-0.4, -0.2) is 55.4 Å². The summed E-state index contributed by atoms with van der Waals surface area (Å²) in [4.78, 5) is 10.9. The van der Waals surface area contributed by atoms with Gasteiger partial charge in [0, 0.05) is 31.7 Å². The lowest BCUT2D eigenvalue weighted by atomic mass is 10.2. The zero-order valence-electron chi connectivity index (χ0n) is 11.1. The average Bonchev–Trinajstić information content (AvgIpc) is 3.00. The minimum absolute atomic E-state index is 0.571. The summed E-state index contributed by atoms with van der Waals surface area (Å²) in [7, 11) is 0. The van der Waals surface area contributed by atoms with E-state index in [-0.39, 0.29) is 0 Å². The zero-order valence-corrected chi connectivity index (χ0v) is 11.1. The van der Waals surface area contributed by atoms with E-state index >= 15 is 0 Å². The first-order chi connectivity index (χ1) is 9.42. The highest BCUT2D eigenvalue weighted by Crippen LogP contribution is 2.15. The molecule has 2 saturated heterocycles. The van der Waals surface area contributed by atoms with Crippen molar-refractivity contribution in [2.45, 2.75) is 18.9 Å². The first kappa shape index (κ1) is 12.6. The summed E-state index contributed by atoms with van der Waals surface area (Å²) in [5, 5.41) is 6.87. The lowest BCUT2D eigenvalue weighted by molar-refractivity contribution is 0.122. The molecule has 3 heterocycles. The summed E-state index contributed by atoms with van der Waals surface area (Å²) in [5.74, 6) is 1.89. The topological polar surface area (TPSA) is 62.3 Å². The Morgan fingerprint density at radius 1 is 1.37 bits per heavy atom. The van der Waals surface area contributed by atoms with Crippen LogP contribution in [0.25, 0.3) is 0 Å². The molecule has 6 nitrogen and oxygen atoms in total. The second-order valence-corrected chi connectivity index (χ2v) is 5.04. The van der Waals surface area contributed by atoms with Gasteiger partial charge in [0.05, 0.1) is 13.2 Å². The van der Waals surface area contributed by atoms with E-state index in [1.54, 1.807) is 6.33 Å². The van der Waals surface area contributed by atoms with Gasteiger partial charge >= 0.3 is 0 Å². The maximum atomic E-state index is 5.36. The van der Waals surface area contributed by atoms with Crippen molar-refractivity contribution in [2.75, 3.05) is 49.6 Å². The van der Waals surface area contributed by atoms with Gasteiger partial charge in [0.15, 0.2) is 0 Å². The molecule has 3 rings (SSSR count). The van der Waals surface area contributed by atoms with Crippen LogP contribution in [0, 0.1) is 0 Å². The number of aromatic nitrogens is 2.